The monoisotopic (exact) mass is 412 g/mol. The summed E-state index contributed by atoms with van der Waals surface area (Å²) in [5.41, 5.74) is 0.618. The van der Waals surface area contributed by atoms with Crippen molar-refractivity contribution in [1.29, 1.82) is 5.26 Å². The molecule has 0 spiro atoms. The number of carbonyl (C=O) groups is 1. The summed E-state index contributed by atoms with van der Waals surface area (Å²) in [6, 6.07) is 7.48. The van der Waals surface area contributed by atoms with E-state index in [1.54, 1.807) is 6.07 Å². The van der Waals surface area contributed by atoms with Gasteiger partial charge in [0.2, 0.25) is 0 Å². The van der Waals surface area contributed by atoms with Crippen molar-refractivity contribution in [2.24, 2.45) is 0 Å². The Bertz CT molecular complexity index is 398. The fourth-order valence-corrected chi connectivity index (χ4v) is 1.96. The highest BCUT2D eigenvalue weighted by atomic mass is 127. The van der Waals surface area contributed by atoms with Gasteiger partial charge in [0, 0.05) is 7.14 Å². The fraction of sp³-hybridized carbons (Fsp3) is 0.111. The zero-order chi connectivity index (χ0) is 10.6. The maximum absolute atomic E-state index is 11.5. The van der Waals surface area contributed by atoms with Crippen molar-refractivity contribution in [3.05, 3.63) is 30.9 Å². The van der Waals surface area contributed by atoms with Crippen LogP contribution in [-0.4, -0.2) is 12.5 Å². The van der Waals surface area contributed by atoms with Gasteiger partial charge in [-0.15, -0.1) is 0 Å². The molecule has 0 radical (unpaired) electrons. The molecule has 0 aromatic heterocycles. The number of benzene rings is 1. The molecular formula is C9H6I2N2O. The summed E-state index contributed by atoms with van der Waals surface area (Å²) in [4.78, 5) is 11.5. The first kappa shape index (κ1) is 11.7. The normalized spacial score (nSPS) is 9.21. The molecule has 0 bridgehead atoms. The van der Waals surface area contributed by atoms with Crippen LogP contribution in [0.5, 0.6) is 0 Å². The molecule has 1 aromatic rings. The summed E-state index contributed by atoms with van der Waals surface area (Å²) in [6.45, 7) is 0.0421. The van der Waals surface area contributed by atoms with E-state index in [1.807, 2.05) is 18.2 Å². The SMILES string of the molecule is N#CCNC(=O)c1cc(I)ccc1I. The zero-order valence-corrected chi connectivity index (χ0v) is 11.4. The van der Waals surface area contributed by atoms with Crippen LogP contribution < -0.4 is 5.32 Å². The van der Waals surface area contributed by atoms with Gasteiger partial charge in [0.1, 0.15) is 6.54 Å². The van der Waals surface area contributed by atoms with Gasteiger partial charge >= 0.3 is 0 Å². The second kappa shape index (κ2) is 5.50. The van der Waals surface area contributed by atoms with Crippen LogP contribution in [0.2, 0.25) is 0 Å². The quantitative estimate of drug-likeness (QED) is 0.598. The fourth-order valence-electron chi connectivity index (χ4n) is 0.887. The lowest BCUT2D eigenvalue weighted by molar-refractivity contribution is 0.0957. The van der Waals surface area contributed by atoms with E-state index in [4.69, 9.17) is 5.26 Å². The van der Waals surface area contributed by atoms with Gasteiger partial charge in [-0.05, 0) is 63.4 Å². The topological polar surface area (TPSA) is 52.9 Å². The number of nitrogens with one attached hydrogen (secondary N) is 1. The van der Waals surface area contributed by atoms with Crippen LogP contribution in [0, 0.1) is 18.5 Å². The number of hydrogen-bond acceptors (Lipinski definition) is 2. The molecule has 72 valence electrons. The summed E-state index contributed by atoms with van der Waals surface area (Å²) in [7, 11) is 0. The van der Waals surface area contributed by atoms with Crippen LogP contribution in [0.25, 0.3) is 0 Å². The van der Waals surface area contributed by atoms with E-state index < -0.39 is 0 Å². The predicted molar refractivity (Wildman–Crippen MR) is 69.8 cm³/mol. The summed E-state index contributed by atoms with van der Waals surface area (Å²) in [5, 5.41) is 10.8. The summed E-state index contributed by atoms with van der Waals surface area (Å²) in [5.74, 6) is -0.200. The maximum Gasteiger partial charge on any atom is 0.253 e. The first-order chi connectivity index (χ1) is 6.65. The average Bonchev–Trinajstić information content (AvgIpc) is 2.18. The summed E-state index contributed by atoms with van der Waals surface area (Å²) < 4.78 is 1.89. The molecule has 0 heterocycles. The molecule has 0 fully saturated rings. The van der Waals surface area contributed by atoms with Crippen molar-refractivity contribution in [3.8, 4) is 6.07 Å². The van der Waals surface area contributed by atoms with Gasteiger partial charge in [-0.2, -0.15) is 5.26 Å². The van der Waals surface area contributed by atoms with Crippen LogP contribution in [-0.2, 0) is 0 Å². The maximum atomic E-state index is 11.5. The van der Waals surface area contributed by atoms with E-state index in [9.17, 15) is 4.79 Å². The van der Waals surface area contributed by atoms with Gasteiger partial charge in [-0.25, -0.2) is 0 Å². The van der Waals surface area contributed by atoms with Gasteiger partial charge in [0.25, 0.3) is 5.91 Å². The molecule has 3 nitrogen and oxygen atoms in total. The van der Waals surface area contributed by atoms with Gasteiger partial charge in [-0.1, -0.05) is 0 Å². The highest BCUT2D eigenvalue weighted by Crippen LogP contribution is 2.15. The second-order valence-electron chi connectivity index (χ2n) is 2.46. The Morgan fingerprint density at radius 1 is 1.50 bits per heavy atom. The highest BCUT2D eigenvalue weighted by Gasteiger charge is 2.09. The van der Waals surface area contributed by atoms with Crippen molar-refractivity contribution >= 4 is 51.1 Å². The van der Waals surface area contributed by atoms with Crippen molar-refractivity contribution < 1.29 is 4.79 Å². The van der Waals surface area contributed by atoms with Crippen molar-refractivity contribution in [1.82, 2.24) is 5.32 Å². The van der Waals surface area contributed by atoms with Crippen LogP contribution in [0.15, 0.2) is 18.2 Å². The van der Waals surface area contributed by atoms with Crippen LogP contribution in [0.4, 0.5) is 0 Å². The molecule has 1 N–H and O–H groups in total. The summed E-state index contributed by atoms with van der Waals surface area (Å²) in [6.07, 6.45) is 0. The molecule has 5 heteroatoms. The van der Waals surface area contributed by atoms with E-state index in [0.29, 0.717) is 5.56 Å². The Balaban J connectivity index is 2.90. The third-order valence-corrected chi connectivity index (χ3v) is 3.11. The summed E-state index contributed by atoms with van der Waals surface area (Å²) >= 11 is 4.24. The Labute approximate surface area is 109 Å². The molecule has 1 aromatic carbocycles. The van der Waals surface area contributed by atoms with Gasteiger partial charge in [0.15, 0.2) is 0 Å². The third-order valence-electron chi connectivity index (χ3n) is 1.50. The Morgan fingerprint density at radius 3 is 2.86 bits per heavy atom. The molecule has 14 heavy (non-hydrogen) atoms. The number of carbonyl (C=O) groups excluding carboxylic acids is 1. The number of amides is 1. The van der Waals surface area contributed by atoms with E-state index in [1.165, 1.54) is 0 Å². The Kier molecular flexibility index (Phi) is 4.60. The van der Waals surface area contributed by atoms with Crippen LogP contribution in [0.1, 0.15) is 10.4 Å². The number of halogens is 2. The Hall–Kier alpha value is -0.360. The molecule has 0 saturated heterocycles. The molecule has 1 rings (SSSR count). The molecule has 0 unspecified atom stereocenters. The average molecular weight is 412 g/mol. The van der Waals surface area contributed by atoms with Gasteiger partial charge in [0.05, 0.1) is 11.6 Å². The molecule has 0 saturated carbocycles. The lowest BCUT2D eigenvalue weighted by Crippen LogP contribution is -2.24. The minimum atomic E-state index is -0.200. The predicted octanol–water partition coefficient (Wildman–Crippen LogP) is 2.15. The van der Waals surface area contributed by atoms with Crippen LogP contribution >= 0.6 is 45.2 Å². The minimum absolute atomic E-state index is 0.0421. The molecule has 0 aliphatic carbocycles. The first-order valence-electron chi connectivity index (χ1n) is 3.75. The Morgan fingerprint density at radius 2 is 2.21 bits per heavy atom. The van der Waals surface area contributed by atoms with Crippen LogP contribution in [0.3, 0.4) is 0 Å². The number of hydrogen-bond donors (Lipinski definition) is 1. The van der Waals surface area contributed by atoms with Crippen molar-refractivity contribution in [2.75, 3.05) is 6.54 Å². The smallest absolute Gasteiger partial charge is 0.253 e. The van der Waals surface area contributed by atoms with Gasteiger partial charge < -0.3 is 5.32 Å². The molecule has 0 aliphatic heterocycles. The van der Waals surface area contributed by atoms with E-state index in [-0.39, 0.29) is 12.5 Å². The molecule has 0 aliphatic rings. The first-order valence-corrected chi connectivity index (χ1v) is 5.91. The lowest BCUT2D eigenvalue weighted by atomic mass is 10.2. The largest absolute Gasteiger partial charge is 0.339 e. The lowest BCUT2D eigenvalue weighted by Gasteiger charge is -2.04. The highest BCUT2D eigenvalue weighted by molar-refractivity contribution is 14.1. The number of rotatable bonds is 2. The molecule has 1 amide bonds. The molecular weight excluding hydrogens is 406 g/mol. The molecule has 0 atom stereocenters. The van der Waals surface area contributed by atoms with E-state index in [0.717, 1.165) is 7.14 Å². The van der Waals surface area contributed by atoms with Gasteiger partial charge in [-0.3, -0.25) is 4.79 Å². The van der Waals surface area contributed by atoms with Crippen molar-refractivity contribution in [2.45, 2.75) is 0 Å². The minimum Gasteiger partial charge on any atom is -0.339 e. The standard InChI is InChI=1S/C9H6I2N2O/c10-6-1-2-8(11)7(5-6)9(14)13-4-3-12/h1-2,5H,4H2,(H,13,14). The number of nitriles is 1. The third kappa shape index (κ3) is 3.09. The van der Waals surface area contributed by atoms with Crippen molar-refractivity contribution in [3.63, 3.8) is 0 Å². The van der Waals surface area contributed by atoms with E-state index >= 15 is 0 Å². The number of nitrogens with zero attached hydrogens (tertiary/aromatic N) is 1. The second-order valence-corrected chi connectivity index (χ2v) is 4.87. The zero-order valence-electron chi connectivity index (χ0n) is 7.05. The van der Waals surface area contributed by atoms with E-state index in [2.05, 4.69) is 50.5 Å².